The molecule has 1 aliphatic heterocycles. The maximum atomic E-state index is 13.2. The number of hydrogen-bond donors (Lipinski definition) is 1. The summed E-state index contributed by atoms with van der Waals surface area (Å²) in [6.45, 7) is 1.04. The van der Waals surface area contributed by atoms with E-state index in [1.165, 1.54) is 47.1 Å². The van der Waals surface area contributed by atoms with Gasteiger partial charge in [0.05, 0.1) is 5.69 Å². The first-order valence-corrected chi connectivity index (χ1v) is 10.5. The zero-order valence-electron chi connectivity index (χ0n) is 17.8. The Hall–Kier alpha value is -3.89. The molecule has 0 saturated carbocycles. The van der Waals surface area contributed by atoms with Crippen LogP contribution in [0.3, 0.4) is 0 Å². The van der Waals surface area contributed by atoms with Gasteiger partial charge in [-0.25, -0.2) is 4.39 Å². The van der Waals surface area contributed by atoms with Crippen molar-refractivity contribution in [1.82, 2.24) is 9.78 Å². The van der Waals surface area contributed by atoms with Crippen molar-refractivity contribution in [2.75, 3.05) is 23.3 Å². The summed E-state index contributed by atoms with van der Waals surface area (Å²) >= 11 is 0. The number of hydrogen-bond acceptors (Lipinski definition) is 5. The summed E-state index contributed by atoms with van der Waals surface area (Å²) in [5.74, 6) is -0.742. The molecule has 0 radical (unpaired) electrons. The first kappa shape index (κ1) is 23.3. The van der Waals surface area contributed by atoms with Gasteiger partial charge in [0, 0.05) is 30.8 Å². The van der Waals surface area contributed by atoms with Gasteiger partial charge in [-0.2, -0.15) is 4.68 Å². The van der Waals surface area contributed by atoms with Gasteiger partial charge in [-0.15, -0.1) is 18.3 Å². The van der Waals surface area contributed by atoms with Crippen LogP contribution in [-0.2, 0) is 4.79 Å². The molecule has 1 fully saturated rings. The molecule has 0 unspecified atom stereocenters. The third-order valence-electron chi connectivity index (χ3n) is 5.40. The molecule has 3 aromatic rings. The van der Waals surface area contributed by atoms with Crippen molar-refractivity contribution in [2.24, 2.45) is 5.92 Å². The molecule has 0 bridgehead atoms. The summed E-state index contributed by atoms with van der Waals surface area (Å²) in [5.41, 5.74) is 0.459. The Kier molecular flexibility index (Phi) is 6.53. The van der Waals surface area contributed by atoms with Crippen molar-refractivity contribution < 1.29 is 27.1 Å². The predicted octanol–water partition coefficient (Wildman–Crippen LogP) is 4.13. The van der Waals surface area contributed by atoms with Crippen LogP contribution in [-0.4, -0.2) is 35.1 Å². The van der Waals surface area contributed by atoms with E-state index in [0.29, 0.717) is 43.1 Å². The number of alkyl halides is 3. The van der Waals surface area contributed by atoms with Gasteiger partial charge in [0.25, 0.3) is 5.56 Å². The third-order valence-corrected chi connectivity index (χ3v) is 5.40. The fourth-order valence-electron chi connectivity index (χ4n) is 3.69. The van der Waals surface area contributed by atoms with Crippen LogP contribution in [0.15, 0.2) is 65.5 Å². The number of aromatic nitrogens is 2. The molecule has 178 valence electrons. The van der Waals surface area contributed by atoms with Crippen molar-refractivity contribution in [3.8, 4) is 11.4 Å². The number of nitrogens with zero attached hydrogens (tertiary/aromatic N) is 3. The van der Waals surface area contributed by atoms with Crippen LogP contribution in [0, 0.1) is 11.7 Å². The standard InChI is InChI=1S/C23H20F4N4O3/c24-16-1-5-18(6-2-16)31-21(32)10-9-20(29-31)30-13-11-15(12-14-30)22(33)28-17-3-7-19(8-4-17)34-23(25,26)27/h1-10,15H,11-14H2,(H,28,33). The lowest BCUT2D eigenvalue weighted by Gasteiger charge is -2.32. The maximum absolute atomic E-state index is 13.2. The van der Waals surface area contributed by atoms with Crippen molar-refractivity contribution in [3.63, 3.8) is 0 Å². The molecule has 1 aliphatic rings. The van der Waals surface area contributed by atoms with E-state index in [2.05, 4.69) is 15.2 Å². The molecule has 2 aromatic carbocycles. The molecule has 7 nitrogen and oxygen atoms in total. The van der Waals surface area contributed by atoms with Gasteiger partial charge in [0.1, 0.15) is 17.4 Å². The fourth-order valence-corrected chi connectivity index (χ4v) is 3.69. The number of benzene rings is 2. The molecule has 1 aromatic heterocycles. The highest BCUT2D eigenvalue weighted by atomic mass is 19.4. The molecular weight excluding hydrogens is 456 g/mol. The SMILES string of the molecule is O=C(Nc1ccc(OC(F)(F)F)cc1)C1CCN(c2ccc(=O)n(-c3ccc(F)cc3)n2)CC1. The average molecular weight is 476 g/mol. The quantitative estimate of drug-likeness (QED) is 0.561. The van der Waals surface area contributed by atoms with Gasteiger partial charge < -0.3 is 15.0 Å². The molecule has 34 heavy (non-hydrogen) atoms. The molecule has 4 rings (SSSR count). The zero-order valence-corrected chi connectivity index (χ0v) is 17.8. The highest BCUT2D eigenvalue weighted by molar-refractivity contribution is 5.92. The van der Waals surface area contributed by atoms with Crippen LogP contribution in [0.2, 0.25) is 0 Å². The summed E-state index contributed by atoms with van der Waals surface area (Å²) in [6, 6.07) is 13.4. The zero-order chi connectivity index (χ0) is 24.3. The van der Waals surface area contributed by atoms with E-state index in [1.54, 1.807) is 6.07 Å². The number of halogens is 4. The molecule has 0 aliphatic carbocycles. The Morgan fingerprint density at radius 3 is 2.24 bits per heavy atom. The van der Waals surface area contributed by atoms with Crippen LogP contribution < -0.4 is 20.5 Å². The Labute approximate surface area is 191 Å². The third kappa shape index (κ3) is 5.72. The number of carbonyl (C=O) groups excluding carboxylic acids is 1. The van der Waals surface area contributed by atoms with E-state index < -0.39 is 12.2 Å². The first-order valence-electron chi connectivity index (χ1n) is 10.5. The average Bonchev–Trinajstić information content (AvgIpc) is 2.80. The molecular formula is C23H20F4N4O3. The van der Waals surface area contributed by atoms with Gasteiger partial charge in [-0.05, 0) is 67.4 Å². The highest BCUT2D eigenvalue weighted by Gasteiger charge is 2.31. The number of amides is 1. The smallest absolute Gasteiger partial charge is 0.406 e. The summed E-state index contributed by atoms with van der Waals surface area (Å²) in [5, 5.41) is 7.10. The van der Waals surface area contributed by atoms with Gasteiger partial charge in [0.15, 0.2) is 0 Å². The highest BCUT2D eigenvalue weighted by Crippen LogP contribution is 2.26. The number of ether oxygens (including phenoxy) is 1. The van der Waals surface area contributed by atoms with E-state index in [4.69, 9.17) is 0 Å². The van der Waals surface area contributed by atoms with E-state index in [1.807, 2.05) is 4.90 Å². The number of nitrogens with one attached hydrogen (secondary N) is 1. The summed E-state index contributed by atoms with van der Waals surface area (Å²) < 4.78 is 55.0. The number of anilines is 2. The number of rotatable bonds is 5. The lowest BCUT2D eigenvalue weighted by molar-refractivity contribution is -0.274. The number of piperidine rings is 1. The second-order valence-electron chi connectivity index (χ2n) is 7.74. The van der Waals surface area contributed by atoms with Crippen LogP contribution >= 0.6 is 0 Å². The first-order chi connectivity index (χ1) is 16.2. The molecule has 2 heterocycles. The van der Waals surface area contributed by atoms with Crippen molar-refractivity contribution in [1.29, 1.82) is 0 Å². The minimum absolute atomic E-state index is 0.228. The Morgan fingerprint density at radius 1 is 0.971 bits per heavy atom. The fraction of sp³-hybridized carbons (Fsp3) is 0.261. The Bertz CT molecular complexity index is 1200. The van der Waals surface area contributed by atoms with Gasteiger partial charge in [0.2, 0.25) is 5.91 Å². The largest absolute Gasteiger partial charge is 0.573 e. The van der Waals surface area contributed by atoms with Crippen molar-refractivity contribution in [3.05, 3.63) is 76.8 Å². The second-order valence-corrected chi connectivity index (χ2v) is 7.74. The molecule has 0 atom stereocenters. The van der Waals surface area contributed by atoms with Gasteiger partial charge >= 0.3 is 6.36 Å². The minimum atomic E-state index is -4.78. The van der Waals surface area contributed by atoms with Crippen molar-refractivity contribution in [2.45, 2.75) is 19.2 Å². The van der Waals surface area contributed by atoms with E-state index >= 15 is 0 Å². The molecule has 11 heteroatoms. The minimum Gasteiger partial charge on any atom is -0.406 e. The monoisotopic (exact) mass is 476 g/mol. The summed E-state index contributed by atoms with van der Waals surface area (Å²) in [6.07, 6.45) is -3.73. The molecule has 1 saturated heterocycles. The van der Waals surface area contributed by atoms with Crippen LogP contribution in [0.25, 0.3) is 5.69 Å². The maximum Gasteiger partial charge on any atom is 0.573 e. The number of carbonyl (C=O) groups is 1. The molecule has 1 amide bonds. The Morgan fingerprint density at radius 2 is 1.62 bits per heavy atom. The van der Waals surface area contributed by atoms with Crippen molar-refractivity contribution >= 4 is 17.4 Å². The van der Waals surface area contributed by atoms with Crippen LogP contribution in [0.1, 0.15) is 12.8 Å². The van der Waals surface area contributed by atoms with Gasteiger partial charge in [-0.1, -0.05) is 0 Å². The van der Waals surface area contributed by atoms with Crippen LogP contribution in [0.5, 0.6) is 5.75 Å². The van der Waals surface area contributed by atoms with Gasteiger partial charge in [-0.3, -0.25) is 9.59 Å². The second kappa shape index (κ2) is 9.54. The van der Waals surface area contributed by atoms with E-state index in [-0.39, 0.29) is 23.1 Å². The summed E-state index contributed by atoms with van der Waals surface area (Å²) in [7, 11) is 0. The molecule has 0 spiro atoms. The normalized spacial score (nSPS) is 14.6. The predicted molar refractivity (Wildman–Crippen MR) is 116 cm³/mol. The molecule has 1 N–H and O–H groups in total. The summed E-state index contributed by atoms with van der Waals surface area (Å²) in [4.78, 5) is 26.8. The van der Waals surface area contributed by atoms with E-state index in [0.717, 1.165) is 12.1 Å². The van der Waals surface area contributed by atoms with Crippen LogP contribution in [0.4, 0.5) is 29.1 Å². The Balaban J connectivity index is 1.36. The lowest BCUT2D eigenvalue weighted by Crippen LogP contribution is -2.39. The topological polar surface area (TPSA) is 76.5 Å². The lowest BCUT2D eigenvalue weighted by atomic mass is 9.96. The van der Waals surface area contributed by atoms with E-state index in [9.17, 15) is 27.2 Å².